The van der Waals surface area contributed by atoms with Crippen LogP contribution < -0.4 is 0 Å². The van der Waals surface area contributed by atoms with Gasteiger partial charge in [-0.15, -0.1) is 0 Å². The van der Waals surface area contributed by atoms with E-state index < -0.39 is 52.6 Å². The van der Waals surface area contributed by atoms with Crippen LogP contribution in [0.5, 0.6) is 0 Å². The van der Waals surface area contributed by atoms with E-state index in [-0.39, 0.29) is 23.1 Å². The van der Waals surface area contributed by atoms with Crippen molar-refractivity contribution in [3.63, 3.8) is 0 Å². The third-order valence-corrected chi connectivity index (χ3v) is 2.01. The summed E-state index contributed by atoms with van der Waals surface area (Å²) >= 11 is 0. The van der Waals surface area contributed by atoms with Crippen LogP contribution in [0.15, 0.2) is 0 Å². The van der Waals surface area contributed by atoms with Crippen LogP contribution in [0.25, 0.3) is 5.57 Å². The van der Waals surface area contributed by atoms with Crippen LogP contribution in [0, 0.1) is 35.2 Å². The zero-order chi connectivity index (χ0) is 16.7. The van der Waals surface area contributed by atoms with Crippen molar-refractivity contribution in [1.82, 2.24) is 0 Å². The number of rotatable bonds is 1. The van der Waals surface area contributed by atoms with Gasteiger partial charge >= 0.3 is 29.4 Å². The first-order valence-electron chi connectivity index (χ1n) is 4.58. The molecule has 0 aliphatic carbocycles. The van der Waals surface area contributed by atoms with Gasteiger partial charge in [0.2, 0.25) is 0 Å². The van der Waals surface area contributed by atoms with Gasteiger partial charge in [0.25, 0.3) is 0 Å². The molecule has 1 aromatic rings. The summed E-state index contributed by atoms with van der Waals surface area (Å²) in [5, 5.41) is 0. The van der Waals surface area contributed by atoms with E-state index in [0.29, 0.717) is 0 Å². The Morgan fingerprint density at radius 1 is 0.636 bits per heavy atom. The molecular formula is C10CuF11. The van der Waals surface area contributed by atoms with E-state index in [0.717, 1.165) is 0 Å². The van der Waals surface area contributed by atoms with E-state index in [2.05, 4.69) is 0 Å². The van der Waals surface area contributed by atoms with Crippen LogP contribution in [0.1, 0.15) is 5.56 Å². The molecule has 0 N–H and O–H groups in total. The predicted octanol–water partition coefficient (Wildman–Crippen LogP) is 4.69. The van der Waals surface area contributed by atoms with Crippen LogP contribution >= 0.6 is 0 Å². The molecule has 0 aromatic heterocycles. The van der Waals surface area contributed by atoms with E-state index in [4.69, 9.17) is 0 Å². The molecule has 1 rings (SSSR count). The summed E-state index contributed by atoms with van der Waals surface area (Å²) in [5.41, 5.74) is -5.92. The molecule has 22 heavy (non-hydrogen) atoms. The van der Waals surface area contributed by atoms with Crippen molar-refractivity contribution in [1.29, 1.82) is 0 Å². The SMILES string of the molecule is Fc1c(F)c(F)c(C(=[C-]C(F)(F)F)C(F)(F)F)c(F)c1F.[Cu+]. The summed E-state index contributed by atoms with van der Waals surface area (Å²) in [4.78, 5) is 0. The molecule has 128 valence electrons. The molecule has 12 heteroatoms. The number of hydrogen-bond acceptors (Lipinski definition) is 0. The maximum Gasteiger partial charge on any atom is 1.00 e. The minimum atomic E-state index is -6.06. The van der Waals surface area contributed by atoms with Gasteiger partial charge in [-0.3, -0.25) is 0 Å². The Labute approximate surface area is 125 Å². The van der Waals surface area contributed by atoms with Gasteiger partial charge in [0.1, 0.15) is 0 Å². The summed E-state index contributed by atoms with van der Waals surface area (Å²) in [5.74, 6) is -14.5. The normalized spacial score (nSPS) is 13.1. The van der Waals surface area contributed by atoms with Gasteiger partial charge in [-0.05, 0) is 0 Å². The van der Waals surface area contributed by atoms with Crippen LogP contribution in [-0.2, 0) is 17.1 Å². The Bertz CT molecular complexity index is 567. The average Bonchev–Trinajstić information content (AvgIpc) is 2.30. The molecule has 1 aromatic carbocycles. The molecule has 0 saturated heterocycles. The molecule has 0 unspecified atom stereocenters. The van der Waals surface area contributed by atoms with Crippen molar-refractivity contribution >= 4 is 5.57 Å². The summed E-state index contributed by atoms with van der Waals surface area (Å²) in [6.07, 6.45) is -12.2. The van der Waals surface area contributed by atoms with Crippen molar-refractivity contribution < 1.29 is 65.4 Å². The minimum absolute atomic E-state index is 0. The molecule has 0 atom stereocenters. The third kappa shape index (κ3) is 4.13. The number of benzene rings is 1. The molecular weight excluding hydrogens is 393 g/mol. The molecule has 0 fully saturated rings. The van der Waals surface area contributed by atoms with Gasteiger partial charge < -0.3 is 0 Å². The summed E-state index contributed by atoms with van der Waals surface area (Å²) < 4.78 is 137. The zero-order valence-electron chi connectivity index (χ0n) is 9.46. The van der Waals surface area contributed by atoms with Crippen LogP contribution in [0.3, 0.4) is 0 Å². The van der Waals surface area contributed by atoms with Crippen molar-refractivity contribution in [3.05, 3.63) is 40.7 Å². The Balaban J connectivity index is 0.00000441. The van der Waals surface area contributed by atoms with E-state index in [1.807, 2.05) is 0 Å². The minimum Gasteiger partial charge on any atom is -0.224 e. The van der Waals surface area contributed by atoms with E-state index in [1.165, 1.54) is 0 Å². The molecule has 0 radical (unpaired) electrons. The molecule has 0 aliphatic rings. The van der Waals surface area contributed by atoms with E-state index in [9.17, 15) is 48.3 Å². The standard InChI is InChI=1S/C10F11.Cu/c11-4-3(5(12)7(14)8(15)6(4)13)2(10(19,20)21)1-9(16,17)18;/q-1;+1. The Morgan fingerprint density at radius 2 is 0.955 bits per heavy atom. The smallest absolute Gasteiger partial charge is 0.224 e. The first kappa shape index (κ1) is 20.7. The molecule has 0 amide bonds. The van der Waals surface area contributed by atoms with Crippen molar-refractivity contribution in [2.45, 2.75) is 12.4 Å². The molecule has 0 saturated carbocycles. The fraction of sp³-hybridized carbons (Fsp3) is 0.200. The second-order valence-corrected chi connectivity index (χ2v) is 3.44. The predicted molar refractivity (Wildman–Crippen MR) is 45.0 cm³/mol. The van der Waals surface area contributed by atoms with Crippen molar-refractivity contribution in [2.24, 2.45) is 0 Å². The largest absolute Gasteiger partial charge is 1.00 e. The summed E-state index contributed by atoms with van der Waals surface area (Å²) in [7, 11) is 0. The first-order valence-corrected chi connectivity index (χ1v) is 4.58. The number of allylic oxidation sites excluding steroid dienone is 2. The van der Waals surface area contributed by atoms with Gasteiger partial charge in [-0.1, -0.05) is 11.1 Å². The maximum absolute atomic E-state index is 13.1. The monoisotopic (exact) mass is 392 g/mol. The van der Waals surface area contributed by atoms with Gasteiger partial charge in [-0.2, -0.15) is 32.4 Å². The Morgan fingerprint density at radius 3 is 1.23 bits per heavy atom. The Hall–Kier alpha value is -1.29. The topological polar surface area (TPSA) is 0 Å². The fourth-order valence-electron chi connectivity index (χ4n) is 1.24. The van der Waals surface area contributed by atoms with Crippen molar-refractivity contribution in [3.8, 4) is 0 Å². The quantitative estimate of drug-likeness (QED) is 0.214. The van der Waals surface area contributed by atoms with Crippen molar-refractivity contribution in [2.75, 3.05) is 0 Å². The zero-order valence-corrected chi connectivity index (χ0v) is 10.4. The summed E-state index contributed by atoms with van der Waals surface area (Å²) in [6.45, 7) is 0. The van der Waals surface area contributed by atoms with Gasteiger partial charge in [-0.25, -0.2) is 22.0 Å². The third-order valence-electron chi connectivity index (χ3n) is 2.01. The molecule has 0 aliphatic heterocycles. The number of alkyl halides is 6. The fourth-order valence-corrected chi connectivity index (χ4v) is 1.24. The van der Waals surface area contributed by atoms with Gasteiger partial charge in [0.15, 0.2) is 17.5 Å². The van der Waals surface area contributed by atoms with Crippen LogP contribution in [0.4, 0.5) is 48.3 Å². The maximum atomic E-state index is 13.1. The number of hydrogen-bond donors (Lipinski definition) is 0. The molecule has 0 heterocycles. The Kier molecular flexibility index (Phi) is 6.07. The summed E-state index contributed by atoms with van der Waals surface area (Å²) in [6, 6.07) is 0. The second-order valence-electron chi connectivity index (χ2n) is 3.44. The van der Waals surface area contributed by atoms with E-state index in [1.54, 1.807) is 0 Å². The molecule has 0 bridgehead atoms. The number of halogens is 11. The molecule has 0 nitrogen and oxygen atoms in total. The van der Waals surface area contributed by atoms with Crippen LogP contribution in [-0.4, -0.2) is 12.4 Å². The van der Waals surface area contributed by atoms with Crippen LogP contribution in [0.2, 0.25) is 0 Å². The first-order chi connectivity index (χ1) is 9.27. The second kappa shape index (κ2) is 6.45. The molecule has 0 spiro atoms. The van der Waals surface area contributed by atoms with Gasteiger partial charge in [0.05, 0.1) is 11.6 Å². The van der Waals surface area contributed by atoms with Gasteiger partial charge in [0, 0.05) is 0 Å². The van der Waals surface area contributed by atoms with E-state index >= 15 is 0 Å². The average molecular weight is 393 g/mol.